The van der Waals surface area contributed by atoms with Gasteiger partial charge in [-0.15, -0.1) is 0 Å². The molecule has 98 valence electrons. The first-order chi connectivity index (χ1) is 8.83. The monoisotopic (exact) mass is 251 g/mol. The quantitative estimate of drug-likeness (QED) is 0.830. The molecule has 2 unspecified atom stereocenters. The molecular formula is C14H18FNO2. The van der Waals surface area contributed by atoms with E-state index in [1.807, 2.05) is 0 Å². The van der Waals surface area contributed by atoms with E-state index in [1.165, 1.54) is 6.07 Å². The second-order valence-electron chi connectivity index (χ2n) is 5.01. The number of ether oxygens (including phenoxy) is 2. The SMILES string of the molecule is Fc1ccc2c(c1)COC(C1CCCNC1)OC2. The van der Waals surface area contributed by atoms with Crippen molar-refractivity contribution in [2.24, 2.45) is 5.92 Å². The molecule has 18 heavy (non-hydrogen) atoms. The normalized spacial score (nSPS) is 28.5. The lowest BCUT2D eigenvalue weighted by molar-refractivity contribution is -0.181. The zero-order valence-corrected chi connectivity index (χ0v) is 10.3. The van der Waals surface area contributed by atoms with Gasteiger partial charge in [0.2, 0.25) is 0 Å². The van der Waals surface area contributed by atoms with Crippen LogP contribution in [0.25, 0.3) is 0 Å². The van der Waals surface area contributed by atoms with Crippen LogP contribution >= 0.6 is 0 Å². The largest absolute Gasteiger partial charge is 0.348 e. The van der Waals surface area contributed by atoms with Crippen LogP contribution in [0.2, 0.25) is 0 Å². The van der Waals surface area contributed by atoms with Gasteiger partial charge in [0.25, 0.3) is 0 Å². The number of rotatable bonds is 1. The van der Waals surface area contributed by atoms with Crippen LogP contribution in [0, 0.1) is 11.7 Å². The summed E-state index contributed by atoms with van der Waals surface area (Å²) in [6.45, 7) is 2.97. The summed E-state index contributed by atoms with van der Waals surface area (Å²) in [6.07, 6.45) is 2.12. The van der Waals surface area contributed by atoms with Crippen LogP contribution in [0.5, 0.6) is 0 Å². The molecular weight excluding hydrogens is 233 g/mol. The summed E-state index contributed by atoms with van der Waals surface area (Å²) in [7, 11) is 0. The number of halogens is 1. The summed E-state index contributed by atoms with van der Waals surface area (Å²) in [6, 6.07) is 4.81. The van der Waals surface area contributed by atoms with Gasteiger partial charge >= 0.3 is 0 Å². The molecule has 1 aromatic rings. The van der Waals surface area contributed by atoms with Gasteiger partial charge in [0.15, 0.2) is 6.29 Å². The van der Waals surface area contributed by atoms with Crippen LogP contribution in [-0.2, 0) is 22.7 Å². The standard InChI is InChI=1S/C14H18FNO2/c15-13-4-3-11-8-17-14(18-9-12(11)6-13)10-2-1-5-16-7-10/h3-4,6,10,14,16H,1-2,5,7-9H2. The van der Waals surface area contributed by atoms with Crippen molar-refractivity contribution >= 4 is 0 Å². The van der Waals surface area contributed by atoms with E-state index < -0.39 is 0 Å². The predicted molar refractivity (Wildman–Crippen MR) is 65.4 cm³/mol. The maximum Gasteiger partial charge on any atom is 0.162 e. The fourth-order valence-corrected chi connectivity index (χ4v) is 2.64. The Hall–Kier alpha value is -0.970. The molecule has 0 radical (unpaired) electrons. The minimum Gasteiger partial charge on any atom is -0.348 e. The van der Waals surface area contributed by atoms with Crippen molar-refractivity contribution in [1.29, 1.82) is 0 Å². The van der Waals surface area contributed by atoms with Gasteiger partial charge < -0.3 is 14.8 Å². The molecule has 2 aliphatic rings. The number of nitrogens with one attached hydrogen (secondary N) is 1. The molecule has 3 rings (SSSR count). The van der Waals surface area contributed by atoms with E-state index in [4.69, 9.17) is 9.47 Å². The minimum atomic E-state index is -0.213. The lowest BCUT2D eigenvalue weighted by Gasteiger charge is -2.29. The molecule has 0 aliphatic carbocycles. The van der Waals surface area contributed by atoms with Crippen molar-refractivity contribution in [3.8, 4) is 0 Å². The predicted octanol–water partition coefficient (Wildman–Crippen LogP) is 2.20. The molecule has 1 fully saturated rings. The summed E-state index contributed by atoms with van der Waals surface area (Å²) >= 11 is 0. The molecule has 0 bridgehead atoms. The van der Waals surface area contributed by atoms with Gasteiger partial charge in [-0.1, -0.05) is 6.07 Å². The Bertz CT molecular complexity index is 418. The van der Waals surface area contributed by atoms with Crippen LogP contribution in [-0.4, -0.2) is 19.4 Å². The third-order valence-electron chi connectivity index (χ3n) is 3.69. The summed E-state index contributed by atoms with van der Waals surface area (Å²) in [5.41, 5.74) is 1.93. The zero-order chi connectivity index (χ0) is 12.4. The van der Waals surface area contributed by atoms with Crippen molar-refractivity contribution in [3.05, 3.63) is 35.1 Å². The molecule has 3 nitrogen and oxygen atoms in total. The molecule has 0 amide bonds. The van der Waals surface area contributed by atoms with Crippen molar-refractivity contribution in [2.45, 2.75) is 32.3 Å². The zero-order valence-electron chi connectivity index (χ0n) is 10.3. The van der Waals surface area contributed by atoms with Crippen LogP contribution in [0.15, 0.2) is 18.2 Å². The molecule has 4 heteroatoms. The molecule has 0 aromatic heterocycles. The number of hydrogen-bond donors (Lipinski definition) is 1. The summed E-state index contributed by atoms with van der Waals surface area (Å²) in [4.78, 5) is 0. The molecule has 0 saturated carbocycles. The number of piperidine rings is 1. The second-order valence-corrected chi connectivity index (χ2v) is 5.01. The van der Waals surface area contributed by atoms with E-state index in [2.05, 4.69) is 5.32 Å². The van der Waals surface area contributed by atoms with Gasteiger partial charge in [0.1, 0.15) is 5.82 Å². The Labute approximate surface area is 106 Å². The van der Waals surface area contributed by atoms with Gasteiger partial charge in [-0.2, -0.15) is 0 Å². The van der Waals surface area contributed by atoms with E-state index >= 15 is 0 Å². The maximum atomic E-state index is 13.2. The average molecular weight is 251 g/mol. The highest BCUT2D eigenvalue weighted by Gasteiger charge is 2.27. The maximum absolute atomic E-state index is 13.2. The average Bonchev–Trinajstić information content (AvgIpc) is 2.62. The van der Waals surface area contributed by atoms with Gasteiger partial charge in [0, 0.05) is 12.5 Å². The van der Waals surface area contributed by atoms with Crippen molar-refractivity contribution in [2.75, 3.05) is 13.1 Å². The summed E-state index contributed by atoms with van der Waals surface area (Å²) in [5.74, 6) is 0.188. The van der Waals surface area contributed by atoms with Crippen molar-refractivity contribution < 1.29 is 13.9 Å². The molecule has 2 heterocycles. The van der Waals surface area contributed by atoms with Crippen LogP contribution in [0.3, 0.4) is 0 Å². The van der Waals surface area contributed by atoms with E-state index in [0.29, 0.717) is 19.1 Å². The molecule has 1 aromatic carbocycles. The van der Waals surface area contributed by atoms with Crippen molar-refractivity contribution in [1.82, 2.24) is 5.32 Å². The Morgan fingerprint density at radius 3 is 2.78 bits per heavy atom. The molecule has 2 aliphatic heterocycles. The minimum absolute atomic E-state index is 0.173. The van der Waals surface area contributed by atoms with Crippen LogP contribution in [0.4, 0.5) is 4.39 Å². The van der Waals surface area contributed by atoms with Crippen LogP contribution < -0.4 is 5.32 Å². The number of hydrogen-bond acceptors (Lipinski definition) is 3. The van der Waals surface area contributed by atoms with Gasteiger partial charge in [-0.3, -0.25) is 0 Å². The van der Waals surface area contributed by atoms with E-state index in [-0.39, 0.29) is 12.1 Å². The Morgan fingerprint density at radius 1 is 1.17 bits per heavy atom. The summed E-state index contributed by atoms with van der Waals surface area (Å²) in [5, 5.41) is 3.36. The Balaban J connectivity index is 1.70. The molecule has 0 spiro atoms. The highest BCUT2D eigenvalue weighted by atomic mass is 19.1. The molecule has 1 saturated heterocycles. The lowest BCUT2D eigenvalue weighted by Crippen LogP contribution is -2.38. The van der Waals surface area contributed by atoms with Gasteiger partial charge in [0.05, 0.1) is 13.2 Å². The Kier molecular flexibility index (Phi) is 3.59. The van der Waals surface area contributed by atoms with Crippen molar-refractivity contribution in [3.63, 3.8) is 0 Å². The third kappa shape index (κ3) is 2.55. The molecule has 2 atom stereocenters. The fourth-order valence-electron chi connectivity index (χ4n) is 2.64. The smallest absolute Gasteiger partial charge is 0.162 e. The van der Waals surface area contributed by atoms with Gasteiger partial charge in [-0.25, -0.2) is 4.39 Å². The second kappa shape index (κ2) is 5.34. The highest BCUT2D eigenvalue weighted by Crippen LogP contribution is 2.25. The topological polar surface area (TPSA) is 30.5 Å². The van der Waals surface area contributed by atoms with Gasteiger partial charge in [-0.05, 0) is 42.6 Å². The lowest BCUT2D eigenvalue weighted by atomic mass is 9.99. The first-order valence-corrected chi connectivity index (χ1v) is 6.54. The third-order valence-corrected chi connectivity index (χ3v) is 3.69. The van der Waals surface area contributed by atoms with Crippen LogP contribution in [0.1, 0.15) is 24.0 Å². The van der Waals surface area contributed by atoms with E-state index in [9.17, 15) is 4.39 Å². The Morgan fingerprint density at radius 2 is 2.00 bits per heavy atom. The first kappa shape index (κ1) is 12.1. The number of fused-ring (bicyclic) bond motifs is 1. The fraction of sp³-hybridized carbons (Fsp3) is 0.571. The molecule has 1 N–H and O–H groups in total. The van der Waals surface area contributed by atoms with E-state index in [1.54, 1.807) is 12.1 Å². The highest BCUT2D eigenvalue weighted by molar-refractivity contribution is 5.27. The summed E-state index contributed by atoms with van der Waals surface area (Å²) < 4.78 is 24.8. The van der Waals surface area contributed by atoms with E-state index in [0.717, 1.165) is 37.1 Å². The number of benzene rings is 1. The first-order valence-electron chi connectivity index (χ1n) is 6.54.